The Morgan fingerprint density at radius 2 is 2.15 bits per heavy atom. The SMILES string of the molecule is CC1CC1NCC1CC2CCC1N2. The van der Waals surface area contributed by atoms with Gasteiger partial charge in [0.05, 0.1) is 0 Å². The summed E-state index contributed by atoms with van der Waals surface area (Å²) >= 11 is 0. The van der Waals surface area contributed by atoms with Gasteiger partial charge in [-0.2, -0.15) is 0 Å². The second-order valence-electron chi connectivity index (χ2n) is 5.27. The fraction of sp³-hybridized carbons (Fsp3) is 1.00. The van der Waals surface area contributed by atoms with Gasteiger partial charge in [-0.25, -0.2) is 0 Å². The molecule has 0 spiro atoms. The van der Waals surface area contributed by atoms with E-state index in [0.717, 1.165) is 30.0 Å². The Morgan fingerprint density at radius 3 is 2.69 bits per heavy atom. The molecular formula is C11H20N2. The second-order valence-corrected chi connectivity index (χ2v) is 5.27. The molecule has 1 saturated carbocycles. The van der Waals surface area contributed by atoms with E-state index in [0.29, 0.717) is 0 Å². The lowest BCUT2D eigenvalue weighted by atomic mass is 9.89. The molecule has 74 valence electrons. The van der Waals surface area contributed by atoms with E-state index >= 15 is 0 Å². The van der Waals surface area contributed by atoms with Crippen molar-refractivity contribution in [3.05, 3.63) is 0 Å². The van der Waals surface area contributed by atoms with E-state index in [1.807, 2.05) is 0 Å². The van der Waals surface area contributed by atoms with Crippen LogP contribution >= 0.6 is 0 Å². The highest BCUT2D eigenvalue weighted by Crippen LogP contribution is 2.34. The smallest absolute Gasteiger partial charge is 0.0111 e. The van der Waals surface area contributed by atoms with Crippen molar-refractivity contribution in [1.29, 1.82) is 0 Å². The van der Waals surface area contributed by atoms with Gasteiger partial charge in [-0.3, -0.25) is 0 Å². The van der Waals surface area contributed by atoms with E-state index in [9.17, 15) is 0 Å². The average Bonchev–Trinajstić information content (AvgIpc) is 2.60. The molecule has 3 aliphatic rings. The summed E-state index contributed by atoms with van der Waals surface area (Å²) in [7, 11) is 0. The van der Waals surface area contributed by atoms with E-state index in [4.69, 9.17) is 0 Å². The standard InChI is InChI=1S/C11H20N2/c1-7-4-11(7)12-6-8-5-9-2-3-10(8)13-9/h7-13H,2-6H2,1H3. The van der Waals surface area contributed by atoms with Crippen LogP contribution in [0, 0.1) is 11.8 Å². The lowest BCUT2D eigenvalue weighted by Gasteiger charge is -2.20. The molecule has 3 rings (SSSR count). The van der Waals surface area contributed by atoms with Crippen LogP contribution in [0.1, 0.15) is 32.6 Å². The van der Waals surface area contributed by atoms with E-state index in [2.05, 4.69) is 17.6 Å². The molecule has 2 aliphatic heterocycles. The highest BCUT2D eigenvalue weighted by atomic mass is 15.1. The summed E-state index contributed by atoms with van der Waals surface area (Å²) in [5, 5.41) is 7.39. The quantitative estimate of drug-likeness (QED) is 0.680. The summed E-state index contributed by atoms with van der Waals surface area (Å²) in [5.74, 6) is 1.89. The molecule has 0 amide bonds. The van der Waals surface area contributed by atoms with Crippen molar-refractivity contribution in [3.63, 3.8) is 0 Å². The highest BCUT2D eigenvalue weighted by molar-refractivity contribution is 4.99. The van der Waals surface area contributed by atoms with Gasteiger partial charge in [-0.1, -0.05) is 6.92 Å². The van der Waals surface area contributed by atoms with Gasteiger partial charge in [-0.05, 0) is 44.1 Å². The van der Waals surface area contributed by atoms with Crippen LogP contribution in [0.3, 0.4) is 0 Å². The maximum Gasteiger partial charge on any atom is 0.0111 e. The van der Waals surface area contributed by atoms with E-state index < -0.39 is 0 Å². The first-order chi connectivity index (χ1) is 6.33. The van der Waals surface area contributed by atoms with Gasteiger partial charge in [0.25, 0.3) is 0 Å². The largest absolute Gasteiger partial charge is 0.313 e. The summed E-state index contributed by atoms with van der Waals surface area (Å²) in [4.78, 5) is 0. The molecule has 13 heavy (non-hydrogen) atoms. The minimum absolute atomic E-state index is 0.853. The Hall–Kier alpha value is -0.0800. The highest BCUT2D eigenvalue weighted by Gasteiger charge is 2.40. The molecule has 3 fully saturated rings. The number of nitrogens with one attached hydrogen (secondary N) is 2. The molecule has 0 aromatic rings. The predicted octanol–water partition coefficient (Wildman–Crippen LogP) is 1.12. The molecule has 2 heterocycles. The molecule has 2 heteroatoms. The van der Waals surface area contributed by atoms with E-state index in [-0.39, 0.29) is 0 Å². The first-order valence-electron chi connectivity index (χ1n) is 5.82. The predicted molar refractivity (Wildman–Crippen MR) is 53.6 cm³/mol. The van der Waals surface area contributed by atoms with Crippen LogP contribution in [-0.2, 0) is 0 Å². The van der Waals surface area contributed by atoms with Crippen molar-refractivity contribution in [2.75, 3.05) is 6.54 Å². The number of fused-ring (bicyclic) bond motifs is 2. The average molecular weight is 180 g/mol. The molecule has 2 saturated heterocycles. The summed E-state index contributed by atoms with van der Waals surface area (Å²) in [5.41, 5.74) is 0. The molecule has 2 N–H and O–H groups in total. The number of hydrogen-bond acceptors (Lipinski definition) is 2. The molecule has 2 nitrogen and oxygen atoms in total. The third kappa shape index (κ3) is 1.50. The maximum atomic E-state index is 3.69. The first kappa shape index (κ1) is 8.25. The summed E-state index contributed by atoms with van der Waals surface area (Å²) < 4.78 is 0. The van der Waals surface area contributed by atoms with Crippen LogP contribution in [0.25, 0.3) is 0 Å². The van der Waals surface area contributed by atoms with Gasteiger partial charge in [0, 0.05) is 18.1 Å². The van der Waals surface area contributed by atoms with Gasteiger partial charge in [0.15, 0.2) is 0 Å². The van der Waals surface area contributed by atoms with E-state index in [1.165, 1.54) is 32.2 Å². The van der Waals surface area contributed by atoms with Crippen molar-refractivity contribution in [2.45, 2.75) is 50.7 Å². The molecule has 5 atom stereocenters. The van der Waals surface area contributed by atoms with Crippen LogP contribution < -0.4 is 10.6 Å². The van der Waals surface area contributed by atoms with Gasteiger partial charge < -0.3 is 10.6 Å². The Bertz CT molecular complexity index is 204. The number of rotatable bonds is 3. The zero-order chi connectivity index (χ0) is 8.84. The minimum Gasteiger partial charge on any atom is -0.313 e. The Kier molecular flexibility index (Phi) is 1.88. The van der Waals surface area contributed by atoms with Gasteiger partial charge >= 0.3 is 0 Å². The lowest BCUT2D eigenvalue weighted by Crippen LogP contribution is -2.33. The van der Waals surface area contributed by atoms with Crippen LogP contribution in [0.15, 0.2) is 0 Å². The molecule has 0 radical (unpaired) electrons. The van der Waals surface area contributed by atoms with Gasteiger partial charge in [0.1, 0.15) is 0 Å². The second kappa shape index (κ2) is 2.96. The monoisotopic (exact) mass is 180 g/mol. The molecule has 2 bridgehead atoms. The topological polar surface area (TPSA) is 24.1 Å². The zero-order valence-corrected chi connectivity index (χ0v) is 8.42. The van der Waals surface area contributed by atoms with Crippen LogP contribution in [0.4, 0.5) is 0 Å². The zero-order valence-electron chi connectivity index (χ0n) is 8.42. The lowest BCUT2D eigenvalue weighted by molar-refractivity contribution is 0.380. The fourth-order valence-electron chi connectivity index (χ4n) is 3.07. The molecule has 0 aromatic carbocycles. The van der Waals surface area contributed by atoms with Crippen molar-refractivity contribution in [3.8, 4) is 0 Å². The Morgan fingerprint density at radius 1 is 1.31 bits per heavy atom. The Balaban J connectivity index is 1.46. The molecule has 5 unspecified atom stereocenters. The summed E-state index contributed by atoms with van der Waals surface area (Å²) in [6.45, 7) is 3.61. The van der Waals surface area contributed by atoms with E-state index in [1.54, 1.807) is 0 Å². The van der Waals surface area contributed by atoms with Crippen molar-refractivity contribution < 1.29 is 0 Å². The third-order valence-electron chi connectivity index (χ3n) is 4.18. The van der Waals surface area contributed by atoms with Crippen molar-refractivity contribution >= 4 is 0 Å². The summed E-state index contributed by atoms with van der Waals surface area (Å²) in [6.07, 6.45) is 5.70. The van der Waals surface area contributed by atoms with Crippen molar-refractivity contribution in [1.82, 2.24) is 10.6 Å². The van der Waals surface area contributed by atoms with Crippen molar-refractivity contribution in [2.24, 2.45) is 11.8 Å². The molecule has 0 aromatic heterocycles. The number of hydrogen-bond donors (Lipinski definition) is 2. The fourth-order valence-corrected chi connectivity index (χ4v) is 3.07. The Labute approximate surface area is 80.5 Å². The van der Waals surface area contributed by atoms with Gasteiger partial charge in [0.2, 0.25) is 0 Å². The molecular weight excluding hydrogens is 160 g/mol. The van der Waals surface area contributed by atoms with Crippen LogP contribution in [-0.4, -0.2) is 24.7 Å². The molecule has 1 aliphatic carbocycles. The maximum absolute atomic E-state index is 3.69. The normalized spacial score (nSPS) is 52.8. The summed E-state index contributed by atoms with van der Waals surface area (Å²) in [6, 6.07) is 2.58. The van der Waals surface area contributed by atoms with Crippen LogP contribution in [0.2, 0.25) is 0 Å². The van der Waals surface area contributed by atoms with Gasteiger partial charge in [-0.15, -0.1) is 0 Å². The van der Waals surface area contributed by atoms with Crippen LogP contribution in [0.5, 0.6) is 0 Å². The third-order valence-corrected chi connectivity index (χ3v) is 4.18. The first-order valence-corrected chi connectivity index (χ1v) is 5.82. The minimum atomic E-state index is 0.853.